The molecule has 2 saturated heterocycles. The van der Waals surface area contributed by atoms with Gasteiger partial charge in [-0.2, -0.15) is 0 Å². The molecule has 0 N–H and O–H groups in total. The molecule has 0 radical (unpaired) electrons. The van der Waals surface area contributed by atoms with Gasteiger partial charge in [-0.05, 0) is 46.9 Å². The molecule has 146 valence electrons. The van der Waals surface area contributed by atoms with Crippen molar-refractivity contribution in [2.45, 2.75) is 37.3 Å². The molecule has 4 aromatic carbocycles. The van der Waals surface area contributed by atoms with E-state index in [-0.39, 0.29) is 23.4 Å². The highest BCUT2D eigenvalue weighted by atomic mass is 16.7. The van der Waals surface area contributed by atoms with E-state index in [2.05, 4.69) is 98.8 Å². The topological polar surface area (TPSA) is 25.1 Å². The van der Waals surface area contributed by atoms with E-state index in [1.54, 1.807) is 0 Å². The van der Waals surface area contributed by atoms with Gasteiger partial charge in [-0.15, -0.1) is 0 Å². The normalized spacial score (nSPS) is 30.3. The number of ether oxygens (including phenoxy) is 2. The molecule has 3 aliphatic rings. The molecule has 4 aromatic rings. The number of hydrogen-bond acceptors (Lipinski definition) is 2. The molecular formula is C28H22O2. The molecule has 2 heteroatoms. The quantitative estimate of drug-likeness (QED) is 0.369. The van der Waals surface area contributed by atoms with Crippen molar-refractivity contribution in [1.82, 2.24) is 0 Å². The summed E-state index contributed by atoms with van der Waals surface area (Å²) in [4.78, 5) is 0. The van der Waals surface area contributed by atoms with Crippen molar-refractivity contribution in [3.63, 3.8) is 0 Å². The lowest BCUT2D eigenvalue weighted by Crippen LogP contribution is -2.28. The summed E-state index contributed by atoms with van der Waals surface area (Å²) < 4.78 is 12.8. The molecule has 1 aliphatic carbocycles. The Morgan fingerprint density at radius 3 is 1.30 bits per heavy atom. The summed E-state index contributed by atoms with van der Waals surface area (Å²) in [5.41, 5.74) is 7.09. The zero-order valence-electron chi connectivity index (χ0n) is 17.1. The zero-order valence-corrected chi connectivity index (χ0v) is 17.1. The standard InChI is InChI=1S/C28H22O2/c1-27-23-21(17-11-5-3-6-12-17)19-15-9-10-16-20(19)22(18-13-7-4-8-14-18)24(23)28(2)26(30-28)25(27)29-27/h3-16,25-26H,1-2H3/t25-,26-,27+,28+/m0/s1. The molecule has 2 nitrogen and oxygen atoms in total. The Labute approximate surface area is 176 Å². The molecular weight excluding hydrogens is 368 g/mol. The van der Waals surface area contributed by atoms with Crippen molar-refractivity contribution < 1.29 is 9.47 Å². The molecule has 0 bridgehead atoms. The van der Waals surface area contributed by atoms with Crippen molar-refractivity contribution in [3.8, 4) is 22.3 Å². The van der Waals surface area contributed by atoms with E-state index in [9.17, 15) is 0 Å². The lowest BCUT2D eigenvalue weighted by atomic mass is 9.70. The van der Waals surface area contributed by atoms with Gasteiger partial charge in [0.15, 0.2) is 0 Å². The van der Waals surface area contributed by atoms with Crippen molar-refractivity contribution in [2.24, 2.45) is 0 Å². The predicted molar refractivity (Wildman–Crippen MR) is 119 cm³/mol. The number of hydrogen-bond donors (Lipinski definition) is 0. The molecule has 4 atom stereocenters. The summed E-state index contributed by atoms with van der Waals surface area (Å²) in [5, 5.41) is 2.55. The van der Waals surface area contributed by atoms with Gasteiger partial charge < -0.3 is 9.47 Å². The monoisotopic (exact) mass is 390 g/mol. The Morgan fingerprint density at radius 2 is 0.900 bits per heavy atom. The van der Waals surface area contributed by atoms with Crippen LogP contribution in [0.15, 0.2) is 84.9 Å². The second-order valence-electron chi connectivity index (χ2n) is 9.07. The zero-order chi connectivity index (χ0) is 20.1. The number of fused-ring (bicyclic) bond motifs is 7. The number of benzene rings is 4. The summed E-state index contributed by atoms with van der Waals surface area (Å²) in [5.74, 6) is 0. The molecule has 0 amide bonds. The molecule has 2 fully saturated rings. The average molecular weight is 390 g/mol. The molecule has 30 heavy (non-hydrogen) atoms. The Bertz CT molecular complexity index is 1220. The first kappa shape index (κ1) is 16.8. The number of epoxide rings is 2. The van der Waals surface area contributed by atoms with Crippen LogP contribution in [-0.2, 0) is 20.7 Å². The fourth-order valence-electron chi connectivity index (χ4n) is 5.80. The second-order valence-corrected chi connectivity index (χ2v) is 9.07. The molecule has 0 spiro atoms. The van der Waals surface area contributed by atoms with Crippen LogP contribution < -0.4 is 0 Å². The lowest BCUT2D eigenvalue weighted by Gasteiger charge is -2.29. The van der Waals surface area contributed by atoms with E-state index >= 15 is 0 Å². The summed E-state index contributed by atoms with van der Waals surface area (Å²) in [6.45, 7) is 4.49. The molecule has 0 unspecified atom stereocenters. The van der Waals surface area contributed by atoms with E-state index in [4.69, 9.17) is 9.47 Å². The first-order valence-electron chi connectivity index (χ1n) is 10.7. The van der Waals surface area contributed by atoms with E-state index < -0.39 is 0 Å². The Balaban J connectivity index is 1.72. The summed E-state index contributed by atoms with van der Waals surface area (Å²) >= 11 is 0. The highest BCUT2D eigenvalue weighted by Crippen LogP contribution is 2.70. The summed E-state index contributed by atoms with van der Waals surface area (Å²) in [6.07, 6.45) is 0.282. The fraction of sp³-hybridized carbons (Fsp3) is 0.214. The highest BCUT2D eigenvalue weighted by Gasteiger charge is 2.77. The van der Waals surface area contributed by atoms with Crippen molar-refractivity contribution in [1.29, 1.82) is 0 Å². The van der Waals surface area contributed by atoms with Crippen molar-refractivity contribution in [3.05, 3.63) is 96.1 Å². The Morgan fingerprint density at radius 1 is 0.533 bits per heavy atom. The van der Waals surface area contributed by atoms with Gasteiger partial charge in [-0.1, -0.05) is 84.9 Å². The van der Waals surface area contributed by atoms with Gasteiger partial charge in [0.2, 0.25) is 0 Å². The Kier molecular flexibility index (Phi) is 3.03. The van der Waals surface area contributed by atoms with E-state index in [1.165, 1.54) is 44.2 Å². The maximum Gasteiger partial charge on any atom is 0.121 e. The molecule has 7 rings (SSSR count). The fourth-order valence-corrected chi connectivity index (χ4v) is 5.80. The second kappa shape index (κ2) is 5.40. The van der Waals surface area contributed by atoms with Gasteiger partial charge in [0.1, 0.15) is 23.4 Å². The minimum Gasteiger partial charge on any atom is -0.358 e. The van der Waals surface area contributed by atoms with Crippen LogP contribution in [0.3, 0.4) is 0 Å². The van der Waals surface area contributed by atoms with Gasteiger partial charge in [0.05, 0.1) is 0 Å². The minimum absolute atomic E-state index is 0.141. The number of rotatable bonds is 2. The van der Waals surface area contributed by atoms with Gasteiger partial charge in [-0.25, -0.2) is 0 Å². The van der Waals surface area contributed by atoms with Gasteiger partial charge in [0, 0.05) is 11.1 Å². The van der Waals surface area contributed by atoms with Crippen LogP contribution in [0.4, 0.5) is 0 Å². The highest BCUT2D eigenvalue weighted by molar-refractivity contribution is 6.09. The van der Waals surface area contributed by atoms with Crippen molar-refractivity contribution in [2.75, 3.05) is 0 Å². The smallest absolute Gasteiger partial charge is 0.121 e. The van der Waals surface area contributed by atoms with Crippen LogP contribution in [0.1, 0.15) is 25.0 Å². The van der Waals surface area contributed by atoms with Gasteiger partial charge in [0.25, 0.3) is 0 Å². The molecule has 2 heterocycles. The Hall–Kier alpha value is -2.94. The first-order valence-corrected chi connectivity index (χ1v) is 10.7. The summed E-state index contributed by atoms with van der Waals surface area (Å²) in [6, 6.07) is 30.3. The third-order valence-electron chi connectivity index (χ3n) is 7.32. The molecule has 0 saturated carbocycles. The maximum absolute atomic E-state index is 6.39. The van der Waals surface area contributed by atoms with Gasteiger partial charge >= 0.3 is 0 Å². The van der Waals surface area contributed by atoms with Crippen LogP contribution in [0.5, 0.6) is 0 Å². The van der Waals surface area contributed by atoms with Crippen LogP contribution in [-0.4, -0.2) is 12.2 Å². The summed E-state index contributed by atoms with van der Waals surface area (Å²) in [7, 11) is 0. The van der Waals surface area contributed by atoms with Crippen LogP contribution in [0.25, 0.3) is 33.0 Å². The van der Waals surface area contributed by atoms with E-state index in [1.807, 2.05) is 0 Å². The van der Waals surface area contributed by atoms with Crippen LogP contribution in [0.2, 0.25) is 0 Å². The van der Waals surface area contributed by atoms with Crippen LogP contribution in [0, 0.1) is 0 Å². The third-order valence-corrected chi connectivity index (χ3v) is 7.32. The average Bonchev–Trinajstić information content (AvgIpc) is 3.68. The lowest BCUT2D eigenvalue weighted by molar-refractivity contribution is 0.265. The molecule has 2 aliphatic heterocycles. The first-order chi connectivity index (χ1) is 14.6. The maximum atomic E-state index is 6.39. The van der Waals surface area contributed by atoms with E-state index in [0.29, 0.717) is 0 Å². The SMILES string of the molecule is C[C@]12O[C@H]1[C@@H]1O[C@]1(C)c1c2c(-c2ccccc2)c2ccccc2c1-c1ccccc1. The molecule has 0 aromatic heterocycles. The van der Waals surface area contributed by atoms with Gasteiger partial charge in [-0.3, -0.25) is 0 Å². The van der Waals surface area contributed by atoms with Crippen LogP contribution >= 0.6 is 0 Å². The largest absolute Gasteiger partial charge is 0.358 e. The van der Waals surface area contributed by atoms with E-state index in [0.717, 1.165) is 0 Å². The van der Waals surface area contributed by atoms with Crippen molar-refractivity contribution >= 4 is 10.8 Å². The minimum atomic E-state index is -0.297. The third kappa shape index (κ3) is 1.96. The predicted octanol–water partition coefficient (Wildman–Crippen LogP) is 6.42.